The summed E-state index contributed by atoms with van der Waals surface area (Å²) in [6, 6.07) is -0.327. The number of carbonyl (C=O) groups excluding carboxylic acids is 1. The summed E-state index contributed by atoms with van der Waals surface area (Å²) in [5.41, 5.74) is 0. The lowest BCUT2D eigenvalue weighted by molar-refractivity contribution is 0.190. The van der Waals surface area contributed by atoms with Gasteiger partial charge in [-0.1, -0.05) is 0 Å². The number of hydrogen-bond donors (Lipinski definition) is 3. The van der Waals surface area contributed by atoms with Crippen LogP contribution >= 0.6 is 0 Å². The molecule has 0 aliphatic rings. The molecule has 0 spiro atoms. The second kappa shape index (κ2) is 4.46. The van der Waals surface area contributed by atoms with Crippen molar-refractivity contribution < 1.29 is 14.3 Å². The Morgan fingerprint density at radius 1 is 1.85 bits per heavy atom. The molecule has 1 unspecified atom stereocenters. The Balaban J connectivity index is 2.26. The molecule has 1 heterocycles. The molecule has 1 rings (SSSR count). The van der Waals surface area contributed by atoms with Crippen molar-refractivity contribution in [3.05, 3.63) is 12.5 Å². The molecule has 3 N–H and O–H groups in total. The van der Waals surface area contributed by atoms with Crippen LogP contribution in [-0.2, 0) is 0 Å². The Hall–Kier alpha value is -1.56. The Bertz CT molecular complexity index is 258. The largest absolute Gasteiger partial charge is 0.432 e. The van der Waals surface area contributed by atoms with Crippen molar-refractivity contribution in [3.8, 4) is 0 Å². The summed E-state index contributed by atoms with van der Waals surface area (Å²) >= 11 is 0. The molecule has 0 fully saturated rings. The van der Waals surface area contributed by atoms with E-state index in [2.05, 4.69) is 15.6 Å². The maximum absolute atomic E-state index is 11.0. The molecule has 6 heteroatoms. The second-order valence-electron chi connectivity index (χ2n) is 2.52. The van der Waals surface area contributed by atoms with Crippen molar-refractivity contribution in [1.82, 2.24) is 10.3 Å². The first kappa shape index (κ1) is 9.53. The van der Waals surface area contributed by atoms with Gasteiger partial charge >= 0.3 is 12.0 Å². The van der Waals surface area contributed by atoms with Crippen molar-refractivity contribution in [2.45, 2.75) is 13.0 Å². The first-order valence-electron chi connectivity index (χ1n) is 3.81. The predicted octanol–water partition coefficient (Wildman–Crippen LogP) is 0.177. The van der Waals surface area contributed by atoms with E-state index >= 15 is 0 Å². The van der Waals surface area contributed by atoms with E-state index in [1.807, 2.05) is 0 Å². The topological polar surface area (TPSA) is 87.4 Å². The number of nitrogens with one attached hydrogen (secondary N) is 2. The van der Waals surface area contributed by atoms with Gasteiger partial charge in [0, 0.05) is 6.54 Å². The highest BCUT2D eigenvalue weighted by Gasteiger charge is 2.04. The van der Waals surface area contributed by atoms with Crippen LogP contribution < -0.4 is 10.6 Å². The molecule has 1 aromatic rings. The molecule has 1 aromatic heterocycles. The van der Waals surface area contributed by atoms with Gasteiger partial charge in [-0.15, -0.1) is 0 Å². The summed E-state index contributed by atoms with van der Waals surface area (Å²) in [5, 5.41) is 13.6. The first-order chi connectivity index (χ1) is 6.18. The van der Waals surface area contributed by atoms with Crippen LogP contribution in [0.1, 0.15) is 6.92 Å². The molecule has 2 amide bonds. The molecule has 0 aliphatic heterocycles. The van der Waals surface area contributed by atoms with Gasteiger partial charge in [-0.05, 0) is 6.92 Å². The van der Waals surface area contributed by atoms with Crippen LogP contribution in [0.5, 0.6) is 0 Å². The van der Waals surface area contributed by atoms with Crippen molar-refractivity contribution in [3.63, 3.8) is 0 Å². The molecule has 6 nitrogen and oxygen atoms in total. The zero-order valence-corrected chi connectivity index (χ0v) is 7.15. The molecular weight excluding hydrogens is 174 g/mol. The monoisotopic (exact) mass is 185 g/mol. The Morgan fingerprint density at radius 3 is 3.15 bits per heavy atom. The summed E-state index contributed by atoms with van der Waals surface area (Å²) in [6.07, 6.45) is 2.20. The van der Waals surface area contributed by atoms with Crippen molar-refractivity contribution in [1.29, 1.82) is 0 Å². The zero-order valence-electron chi connectivity index (χ0n) is 7.15. The fourth-order valence-corrected chi connectivity index (χ4v) is 0.667. The number of oxazole rings is 1. The number of carbonyl (C=O) groups is 1. The zero-order chi connectivity index (χ0) is 9.68. The summed E-state index contributed by atoms with van der Waals surface area (Å²) in [5.74, 6) is 0. The fourth-order valence-electron chi connectivity index (χ4n) is 0.667. The number of aliphatic hydroxyl groups excluding tert-OH is 1. The molecule has 0 bridgehead atoms. The van der Waals surface area contributed by atoms with Gasteiger partial charge in [-0.3, -0.25) is 5.32 Å². The Labute approximate surface area is 75.0 Å². The molecule has 0 aliphatic carbocycles. The van der Waals surface area contributed by atoms with E-state index in [9.17, 15) is 4.79 Å². The number of anilines is 1. The highest BCUT2D eigenvalue weighted by molar-refractivity contribution is 5.86. The number of rotatable bonds is 3. The van der Waals surface area contributed by atoms with Gasteiger partial charge in [0.1, 0.15) is 6.26 Å². The van der Waals surface area contributed by atoms with Crippen LogP contribution in [0.2, 0.25) is 0 Å². The summed E-state index contributed by atoms with van der Waals surface area (Å²) in [7, 11) is 0. The summed E-state index contributed by atoms with van der Waals surface area (Å²) in [4.78, 5) is 14.7. The van der Waals surface area contributed by atoms with E-state index < -0.39 is 12.1 Å². The molecular formula is C7H11N3O3. The van der Waals surface area contributed by atoms with E-state index in [0.717, 1.165) is 0 Å². The van der Waals surface area contributed by atoms with Crippen molar-refractivity contribution in [2.75, 3.05) is 11.9 Å². The van der Waals surface area contributed by atoms with Gasteiger partial charge in [0.15, 0.2) is 0 Å². The van der Waals surface area contributed by atoms with Crippen LogP contribution in [0, 0.1) is 0 Å². The highest BCUT2D eigenvalue weighted by atomic mass is 16.4. The van der Waals surface area contributed by atoms with E-state index in [1.165, 1.54) is 12.5 Å². The quantitative estimate of drug-likeness (QED) is 0.626. The minimum Gasteiger partial charge on any atom is -0.432 e. The third-order valence-corrected chi connectivity index (χ3v) is 1.21. The molecule has 0 saturated carbocycles. The summed E-state index contributed by atoms with van der Waals surface area (Å²) in [6.45, 7) is 1.76. The highest BCUT2D eigenvalue weighted by Crippen LogP contribution is 1.99. The lowest BCUT2D eigenvalue weighted by Gasteiger charge is -2.05. The fraction of sp³-hybridized carbons (Fsp3) is 0.429. The van der Waals surface area contributed by atoms with Gasteiger partial charge in [-0.25, -0.2) is 9.78 Å². The van der Waals surface area contributed by atoms with Gasteiger partial charge in [0.2, 0.25) is 0 Å². The minimum absolute atomic E-state index is 0.128. The van der Waals surface area contributed by atoms with Crippen LogP contribution in [0.25, 0.3) is 0 Å². The number of amides is 2. The van der Waals surface area contributed by atoms with E-state index in [0.29, 0.717) is 0 Å². The normalized spacial score (nSPS) is 12.2. The molecule has 0 saturated heterocycles. The third kappa shape index (κ3) is 3.57. The number of aliphatic hydroxyl groups is 1. The average Bonchev–Trinajstić information content (AvgIpc) is 2.53. The van der Waals surface area contributed by atoms with Crippen molar-refractivity contribution in [2.24, 2.45) is 0 Å². The smallest absolute Gasteiger partial charge is 0.322 e. The van der Waals surface area contributed by atoms with E-state index in [-0.39, 0.29) is 12.6 Å². The van der Waals surface area contributed by atoms with Gasteiger partial charge in [0.05, 0.1) is 12.3 Å². The maximum Gasteiger partial charge on any atom is 0.322 e. The lowest BCUT2D eigenvalue weighted by atomic mass is 10.4. The second-order valence-corrected chi connectivity index (χ2v) is 2.52. The van der Waals surface area contributed by atoms with Crippen LogP contribution in [0.3, 0.4) is 0 Å². The standard InChI is InChI=1S/C7H11N3O3/c1-5(11)4-9-6(12)10-7-8-2-3-13-7/h2-3,5,11H,4H2,1H3,(H2,8,9,10,12). The predicted molar refractivity (Wildman–Crippen MR) is 45.2 cm³/mol. The van der Waals surface area contributed by atoms with Gasteiger partial charge < -0.3 is 14.8 Å². The lowest BCUT2D eigenvalue weighted by Crippen LogP contribution is -2.34. The first-order valence-corrected chi connectivity index (χ1v) is 3.81. The van der Waals surface area contributed by atoms with E-state index in [4.69, 9.17) is 9.52 Å². The van der Waals surface area contributed by atoms with Crippen LogP contribution in [-0.4, -0.2) is 28.8 Å². The minimum atomic E-state index is -0.574. The number of aromatic nitrogens is 1. The Morgan fingerprint density at radius 2 is 2.62 bits per heavy atom. The molecule has 72 valence electrons. The van der Waals surface area contributed by atoms with Crippen LogP contribution in [0.15, 0.2) is 16.9 Å². The molecule has 0 radical (unpaired) electrons. The SMILES string of the molecule is CC(O)CNC(=O)Nc1ncco1. The van der Waals surface area contributed by atoms with Crippen molar-refractivity contribution >= 4 is 12.0 Å². The Kier molecular flexibility index (Phi) is 3.27. The maximum atomic E-state index is 11.0. The van der Waals surface area contributed by atoms with Gasteiger partial charge in [0.25, 0.3) is 0 Å². The molecule has 13 heavy (non-hydrogen) atoms. The number of urea groups is 1. The van der Waals surface area contributed by atoms with E-state index in [1.54, 1.807) is 6.92 Å². The van der Waals surface area contributed by atoms with Crippen LogP contribution in [0.4, 0.5) is 10.8 Å². The average molecular weight is 185 g/mol. The van der Waals surface area contributed by atoms with Gasteiger partial charge in [-0.2, -0.15) is 0 Å². The number of nitrogens with zero attached hydrogens (tertiary/aromatic N) is 1. The number of hydrogen-bond acceptors (Lipinski definition) is 4. The molecule has 1 atom stereocenters. The summed E-state index contributed by atoms with van der Waals surface area (Å²) < 4.78 is 4.77. The third-order valence-electron chi connectivity index (χ3n) is 1.21. The molecule has 0 aromatic carbocycles.